The van der Waals surface area contributed by atoms with Crippen LogP contribution in [0.3, 0.4) is 0 Å². The Bertz CT molecular complexity index is 449. The first-order chi connectivity index (χ1) is 11.2. The molecule has 2 heterocycles. The smallest absolute Gasteiger partial charge is 0.221 e. The number of nitrogens with one attached hydrogen (secondary N) is 1. The zero-order valence-corrected chi connectivity index (χ0v) is 14.0. The number of carbonyl (C=O) groups excluding carboxylic acids is 1. The van der Waals surface area contributed by atoms with Crippen molar-refractivity contribution in [1.82, 2.24) is 20.1 Å². The zero-order valence-electron chi connectivity index (χ0n) is 14.0. The molecule has 1 fully saturated rings. The molecular weight excluding hydrogens is 292 g/mol. The number of carbonyl (C=O) groups is 1. The summed E-state index contributed by atoms with van der Waals surface area (Å²) in [4.78, 5) is 20.4. The molecule has 0 bridgehead atoms. The largest absolute Gasteiger partial charge is 0.379 e. The summed E-state index contributed by atoms with van der Waals surface area (Å²) in [7, 11) is 2.06. The summed E-state index contributed by atoms with van der Waals surface area (Å²) in [5.41, 5.74) is 1.28. The van der Waals surface area contributed by atoms with Crippen molar-refractivity contribution in [3.8, 4) is 0 Å². The van der Waals surface area contributed by atoms with Crippen molar-refractivity contribution in [3.05, 3.63) is 30.1 Å². The van der Waals surface area contributed by atoms with Gasteiger partial charge >= 0.3 is 0 Å². The number of likely N-dealkylation sites (N-methyl/N-ethyl adjacent to an activating group) is 1. The zero-order chi connectivity index (χ0) is 16.3. The molecule has 0 spiro atoms. The second-order valence-corrected chi connectivity index (χ2v) is 5.96. The summed E-state index contributed by atoms with van der Waals surface area (Å²) in [6.07, 6.45) is 5.17. The number of amides is 1. The van der Waals surface area contributed by atoms with Crippen molar-refractivity contribution in [2.45, 2.75) is 12.8 Å². The van der Waals surface area contributed by atoms with E-state index < -0.39 is 0 Å². The quantitative estimate of drug-likeness (QED) is 0.713. The molecular formula is C17H28N4O2. The van der Waals surface area contributed by atoms with Gasteiger partial charge in [0.15, 0.2) is 0 Å². The molecule has 0 atom stereocenters. The highest BCUT2D eigenvalue weighted by molar-refractivity contribution is 5.76. The Hall–Kier alpha value is -1.50. The second kappa shape index (κ2) is 10.3. The van der Waals surface area contributed by atoms with Crippen LogP contribution in [0.25, 0.3) is 0 Å². The average molecular weight is 320 g/mol. The van der Waals surface area contributed by atoms with Crippen LogP contribution in [0.2, 0.25) is 0 Å². The van der Waals surface area contributed by atoms with Gasteiger partial charge in [-0.2, -0.15) is 0 Å². The molecule has 0 aromatic carbocycles. The van der Waals surface area contributed by atoms with Gasteiger partial charge in [-0.3, -0.25) is 14.7 Å². The summed E-state index contributed by atoms with van der Waals surface area (Å²) in [5, 5.41) is 3.00. The standard InChI is InChI=1S/C17H28N4O2/c1-20(9-4-16-2-6-18-7-3-16)10-5-17(22)19-8-11-21-12-14-23-15-13-21/h2-3,6-7H,4-5,8-15H2,1H3,(H,19,22). The number of morpholine rings is 1. The van der Waals surface area contributed by atoms with Gasteiger partial charge in [-0.05, 0) is 31.2 Å². The molecule has 0 unspecified atom stereocenters. The summed E-state index contributed by atoms with van der Waals surface area (Å²) in [6.45, 7) is 6.90. The second-order valence-electron chi connectivity index (χ2n) is 5.96. The van der Waals surface area contributed by atoms with Crippen molar-refractivity contribution in [1.29, 1.82) is 0 Å². The molecule has 6 nitrogen and oxygen atoms in total. The Morgan fingerprint density at radius 1 is 1.30 bits per heavy atom. The van der Waals surface area contributed by atoms with Gasteiger partial charge in [0, 0.05) is 58.1 Å². The maximum Gasteiger partial charge on any atom is 0.221 e. The van der Waals surface area contributed by atoms with Crippen LogP contribution in [-0.4, -0.2) is 80.2 Å². The lowest BCUT2D eigenvalue weighted by Gasteiger charge is -2.26. The molecule has 128 valence electrons. The van der Waals surface area contributed by atoms with Crippen molar-refractivity contribution < 1.29 is 9.53 Å². The molecule has 1 N–H and O–H groups in total. The number of ether oxygens (including phenoxy) is 1. The summed E-state index contributed by atoms with van der Waals surface area (Å²) in [6, 6.07) is 4.07. The molecule has 2 rings (SSSR count). The fourth-order valence-electron chi connectivity index (χ4n) is 2.54. The van der Waals surface area contributed by atoms with E-state index >= 15 is 0 Å². The first-order valence-electron chi connectivity index (χ1n) is 8.38. The maximum atomic E-state index is 11.9. The number of hydrogen-bond donors (Lipinski definition) is 1. The van der Waals surface area contributed by atoms with E-state index in [1.807, 2.05) is 24.5 Å². The first-order valence-corrected chi connectivity index (χ1v) is 8.38. The Kier molecular flexibility index (Phi) is 8.00. The van der Waals surface area contributed by atoms with Crippen molar-refractivity contribution in [3.63, 3.8) is 0 Å². The fourth-order valence-corrected chi connectivity index (χ4v) is 2.54. The minimum atomic E-state index is 0.133. The maximum absolute atomic E-state index is 11.9. The molecule has 0 radical (unpaired) electrons. The highest BCUT2D eigenvalue weighted by Gasteiger charge is 2.10. The van der Waals surface area contributed by atoms with E-state index in [0.717, 1.165) is 58.9 Å². The summed E-state index contributed by atoms with van der Waals surface area (Å²) in [5.74, 6) is 0.133. The average Bonchev–Trinajstić information content (AvgIpc) is 2.60. The van der Waals surface area contributed by atoms with Crippen LogP contribution in [0.15, 0.2) is 24.5 Å². The summed E-state index contributed by atoms with van der Waals surface area (Å²) < 4.78 is 5.31. The Morgan fingerprint density at radius 2 is 2.04 bits per heavy atom. The number of aromatic nitrogens is 1. The van der Waals surface area contributed by atoms with Crippen molar-refractivity contribution in [2.24, 2.45) is 0 Å². The molecule has 1 aromatic rings. The number of hydrogen-bond acceptors (Lipinski definition) is 5. The SMILES string of the molecule is CN(CCC(=O)NCCN1CCOCC1)CCc1ccncc1. The summed E-state index contributed by atoms with van der Waals surface area (Å²) >= 11 is 0. The van der Waals surface area contributed by atoms with Gasteiger partial charge in [0.2, 0.25) is 5.91 Å². The first kappa shape index (κ1) is 17.8. The van der Waals surface area contributed by atoms with Crippen LogP contribution in [0.4, 0.5) is 0 Å². The highest BCUT2D eigenvalue weighted by atomic mass is 16.5. The van der Waals surface area contributed by atoms with Crippen LogP contribution < -0.4 is 5.32 Å². The van der Waals surface area contributed by atoms with E-state index in [1.165, 1.54) is 5.56 Å². The molecule has 1 aliphatic heterocycles. The number of nitrogens with zero attached hydrogens (tertiary/aromatic N) is 3. The van der Waals surface area contributed by atoms with E-state index in [-0.39, 0.29) is 5.91 Å². The third-order valence-corrected chi connectivity index (χ3v) is 4.11. The highest BCUT2D eigenvalue weighted by Crippen LogP contribution is 1.99. The molecule has 23 heavy (non-hydrogen) atoms. The molecule has 6 heteroatoms. The lowest BCUT2D eigenvalue weighted by atomic mass is 10.2. The fraction of sp³-hybridized carbons (Fsp3) is 0.647. The molecule has 1 aromatic heterocycles. The van der Waals surface area contributed by atoms with Gasteiger partial charge in [-0.15, -0.1) is 0 Å². The van der Waals surface area contributed by atoms with E-state index in [9.17, 15) is 4.79 Å². The topological polar surface area (TPSA) is 57.7 Å². The predicted molar refractivity (Wildman–Crippen MR) is 90.3 cm³/mol. The number of rotatable bonds is 9. The lowest BCUT2D eigenvalue weighted by molar-refractivity contribution is -0.121. The molecule has 1 amide bonds. The normalized spacial score (nSPS) is 15.7. The monoisotopic (exact) mass is 320 g/mol. The van der Waals surface area contributed by atoms with E-state index in [2.05, 4.69) is 27.1 Å². The van der Waals surface area contributed by atoms with Crippen LogP contribution in [0.5, 0.6) is 0 Å². The van der Waals surface area contributed by atoms with Crippen molar-refractivity contribution >= 4 is 5.91 Å². The molecule has 1 saturated heterocycles. The Morgan fingerprint density at radius 3 is 2.78 bits per heavy atom. The minimum Gasteiger partial charge on any atom is -0.379 e. The Labute approximate surface area is 138 Å². The van der Waals surface area contributed by atoms with E-state index in [4.69, 9.17) is 4.74 Å². The third-order valence-electron chi connectivity index (χ3n) is 4.11. The van der Waals surface area contributed by atoms with Crippen LogP contribution in [0.1, 0.15) is 12.0 Å². The lowest BCUT2D eigenvalue weighted by Crippen LogP contribution is -2.41. The third kappa shape index (κ3) is 7.54. The molecule has 0 aliphatic carbocycles. The Balaban J connectivity index is 1.51. The van der Waals surface area contributed by atoms with Crippen LogP contribution >= 0.6 is 0 Å². The number of pyridine rings is 1. The van der Waals surface area contributed by atoms with Gasteiger partial charge in [0.05, 0.1) is 13.2 Å². The predicted octanol–water partition coefficient (Wildman–Crippen LogP) is 0.394. The van der Waals surface area contributed by atoms with Crippen molar-refractivity contribution in [2.75, 3.05) is 59.5 Å². The van der Waals surface area contributed by atoms with Gasteiger partial charge in [-0.25, -0.2) is 0 Å². The van der Waals surface area contributed by atoms with Gasteiger partial charge in [-0.1, -0.05) is 0 Å². The van der Waals surface area contributed by atoms with Gasteiger partial charge in [0.1, 0.15) is 0 Å². The molecule has 1 aliphatic rings. The van der Waals surface area contributed by atoms with E-state index in [0.29, 0.717) is 6.42 Å². The minimum absolute atomic E-state index is 0.133. The van der Waals surface area contributed by atoms with Crippen LogP contribution in [0, 0.1) is 0 Å². The van der Waals surface area contributed by atoms with E-state index in [1.54, 1.807) is 0 Å². The molecule has 0 saturated carbocycles. The van der Waals surface area contributed by atoms with Crippen LogP contribution in [-0.2, 0) is 16.0 Å². The van der Waals surface area contributed by atoms with Gasteiger partial charge in [0.25, 0.3) is 0 Å². The van der Waals surface area contributed by atoms with Gasteiger partial charge < -0.3 is 15.0 Å².